The van der Waals surface area contributed by atoms with E-state index in [9.17, 15) is 9.59 Å². The summed E-state index contributed by atoms with van der Waals surface area (Å²) in [4.78, 5) is 26.0. The van der Waals surface area contributed by atoms with Gasteiger partial charge in [0.25, 0.3) is 5.91 Å². The van der Waals surface area contributed by atoms with Gasteiger partial charge in [-0.3, -0.25) is 9.59 Å². The van der Waals surface area contributed by atoms with Crippen LogP contribution in [0.15, 0.2) is 11.6 Å². The van der Waals surface area contributed by atoms with E-state index in [1.54, 1.807) is 11.8 Å². The Morgan fingerprint density at radius 1 is 1.30 bits per heavy atom. The zero-order chi connectivity index (χ0) is 16.5. The second kappa shape index (κ2) is 9.71. The van der Waals surface area contributed by atoms with E-state index in [-0.39, 0.29) is 24.4 Å². The fraction of sp³-hybridized carbons (Fsp3) is 0.778. The molecule has 5 heteroatoms. The molecule has 0 aromatic heterocycles. The van der Waals surface area contributed by atoms with E-state index in [4.69, 9.17) is 9.47 Å². The van der Waals surface area contributed by atoms with E-state index in [0.29, 0.717) is 26.3 Å². The van der Waals surface area contributed by atoms with Gasteiger partial charge in [-0.25, -0.2) is 0 Å². The first-order valence-electron chi connectivity index (χ1n) is 8.94. The predicted octanol–water partition coefficient (Wildman–Crippen LogP) is 2.84. The fourth-order valence-corrected chi connectivity index (χ4v) is 3.18. The van der Waals surface area contributed by atoms with Crippen LogP contribution >= 0.6 is 0 Å². The predicted molar refractivity (Wildman–Crippen MR) is 88.0 cm³/mol. The van der Waals surface area contributed by atoms with Crippen molar-refractivity contribution in [1.29, 1.82) is 0 Å². The number of esters is 1. The monoisotopic (exact) mass is 323 g/mol. The Hall–Kier alpha value is -1.36. The highest BCUT2D eigenvalue weighted by Gasteiger charge is 2.28. The first kappa shape index (κ1) is 18.0. The van der Waals surface area contributed by atoms with Gasteiger partial charge in [-0.15, -0.1) is 0 Å². The molecular formula is C18H29NO4. The minimum Gasteiger partial charge on any atom is -0.466 e. The Kier molecular flexibility index (Phi) is 7.59. The minimum atomic E-state index is -0.322. The van der Waals surface area contributed by atoms with Gasteiger partial charge in [0.1, 0.15) is 6.10 Å². The summed E-state index contributed by atoms with van der Waals surface area (Å²) >= 11 is 0. The van der Waals surface area contributed by atoms with E-state index >= 15 is 0 Å². The molecule has 0 aromatic carbocycles. The Balaban J connectivity index is 1.88. The molecule has 2 aliphatic rings. The molecule has 1 fully saturated rings. The van der Waals surface area contributed by atoms with Crippen LogP contribution in [0.25, 0.3) is 0 Å². The number of carbonyl (C=O) groups excluding carboxylic acids is 2. The largest absolute Gasteiger partial charge is 0.466 e. The fourth-order valence-electron chi connectivity index (χ4n) is 3.18. The number of amides is 1. The SMILES string of the molecule is CCOC(=O)CCN(CCC1=CCCCC1)C(=O)C1CCCO1. The Bertz CT molecular complexity index is 427. The number of rotatable bonds is 8. The molecule has 2 rings (SSSR count). The molecule has 1 heterocycles. The third kappa shape index (κ3) is 5.98. The second-order valence-electron chi connectivity index (χ2n) is 6.24. The molecule has 23 heavy (non-hydrogen) atoms. The van der Waals surface area contributed by atoms with Gasteiger partial charge in [0.15, 0.2) is 0 Å². The van der Waals surface area contributed by atoms with Crippen molar-refractivity contribution in [2.75, 3.05) is 26.3 Å². The Morgan fingerprint density at radius 3 is 2.83 bits per heavy atom. The minimum absolute atomic E-state index is 0.0307. The zero-order valence-corrected chi connectivity index (χ0v) is 14.2. The Morgan fingerprint density at radius 2 is 2.17 bits per heavy atom. The average Bonchev–Trinajstić information content (AvgIpc) is 3.10. The lowest BCUT2D eigenvalue weighted by Gasteiger charge is -2.26. The first-order valence-corrected chi connectivity index (χ1v) is 8.94. The van der Waals surface area contributed by atoms with E-state index in [1.807, 2.05) is 0 Å². The molecule has 0 bridgehead atoms. The number of ether oxygens (including phenoxy) is 2. The van der Waals surface area contributed by atoms with Crippen molar-refractivity contribution < 1.29 is 19.1 Å². The van der Waals surface area contributed by atoms with Crippen molar-refractivity contribution in [3.05, 3.63) is 11.6 Å². The van der Waals surface area contributed by atoms with Gasteiger partial charge in [0.2, 0.25) is 0 Å². The summed E-state index contributed by atoms with van der Waals surface area (Å²) in [7, 11) is 0. The number of carbonyl (C=O) groups is 2. The van der Waals surface area contributed by atoms with Crippen molar-refractivity contribution in [3.8, 4) is 0 Å². The molecule has 1 aliphatic heterocycles. The maximum absolute atomic E-state index is 12.6. The molecule has 0 spiro atoms. The molecule has 0 aromatic rings. The average molecular weight is 323 g/mol. The third-order valence-electron chi connectivity index (χ3n) is 4.50. The zero-order valence-electron chi connectivity index (χ0n) is 14.2. The van der Waals surface area contributed by atoms with Gasteiger partial charge >= 0.3 is 5.97 Å². The van der Waals surface area contributed by atoms with Crippen molar-refractivity contribution in [1.82, 2.24) is 4.90 Å². The van der Waals surface area contributed by atoms with Crippen LogP contribution in [0.4, 0.5) is 0 Å². The Labute approximate surface area is 139 Å². The van der Waals surface area contributed by atoms with Crippen LogP contribution in [0.2, 0.25) is 0 Å². The van der Waals surface area contributed by atoms with Crippen LogP contribution in [0.3, 0.4) is 0 Å². The molecule has 1 aliphatic carbocycles. The van der Waals surface area contributed by atoms with Gasteiger partial charge in [-0.05, 0) is 51.9 Å². The van der Waals surface area contributed by atoms with E-state index in [2.05, 4.69) is 6.08 Å². The molecule has 0 radical (unpaired) electrons. The quantitative estimate of drug-likeness (QED) is 0.509. The normalized spacial score (nSPS) is 20.9. The molecule has 1 atom stereocenters. The van der Waals surface area contributed by atoms with Gasteiger partial charge < -0.3 is 14.4 Å². The highest BCUT2D eigenvalue weighted by Crippen LogP contribution is 2.21. The highest BCUT2D eigenvalue weighted by molar-refractivity contribution is 5.81. The standard InChI is InChI=1S/C18H29NO4/c1-2-22-17(20)11-13-19(18(21)16-9-6-14-23-16)12-10-15-7-4-3-5-8-15/h7,16H,2-6,8-14H2,1H3. The summed E-state index contributed by atoms with van der Waals surface area (Å²) < 4.78 is 10.5. The van der Waals surface area contributed by atoms with Crippen LogP contribution in [-0.4, -0.2) is 49.2 Å². The molecular weight excluding hydrogens is 294 g/mol. The summed E-state index contributed by atoms with van der Waals surface area (Å²) in [5, 5.41) is 0. The first-order chi connectivity index (χ1) is 11.2. The van der Waals surface area contributed by atoms with Gasteiger partial charge in [-0.1, -0.05) is 11.6 Å². The van der Waals surface area contributed by atoms with E-state index in [1.165, 1.54) is 18.4 Å². The van der Waals surface area contributed by atoms with Crippen molar-refractivity contribution in [3.63, 3.8) is 0 Å². The number of hydrogen-bond acceptors (Lipinski definition) is 4. The van der Waals surface area contributed by atoms with E-state index < -0.39 is 0 Å². The van der Waals surface area contributed by atoms with Crippen molar-refractivity contribution >= 4 is 11.9 Å². The summed E-state index contributed by atoms with van der Waals surface area (Å²) in [6.07, 6.45) is 9.68. The molecule has 5 nitrogen and oxygen atoms in total. The number of hydrogen-bond donors (Lipinski definition) is 0. The molecule has 1 unspecified atom stereocenters. The van der Waals surface area contributed by atoms with Crippen LogP contribution in [-0.2, 0) is 19.1 Å². The van der Waals surface area contributed by atoms with Gasteiger partial charge in [0.05, 0.1) is 13.0 Å². The molecule has 0 saturated carbocycles. The second-order valence-corrected chi connectivity index (χ2v) is 6.24. The lowest BCUT2D eigenvalue weighted by molar-refractivity contribution is -0.145. The van der Waals surface area contributed by atoms with E-state index in [0.717, 1.165) is 32.1 Å². The van der Waals surface area contributed by atoms with Crippen LogP contribution in [0.1, 0.15) is 58.3 Å². The summed E-state index contributed by atoms with van der Waals surface area (Å²) in [5.74, 6) is -0.210. The van der Waals surface area contributed by atoms with Crippen LogP contribution in [0.5, 0.6) is 0 Å². The highest BCUT2D eigenvalue weighted by atomic mass is 16.5. The molecule has 0 N–H and O–H groups in total. The van der Waals surface area contributed by atoms with Crippen molar-refractivity contribution in [2.45, 2.75) is 64.4 Å². The molecule has 1 saturated heterocycles. The van der Waals surface area contributed by atoms with Crippen LogP contribution < -0.4 is 0 Å². The summed E-state index contributed by atoms with van der Waals surface area (Å²) in [6.45, 7) is 3.93. The number of nitrogens with zero attached hydrogens (tertiary/aromatic N) is 1. The lowest BCUT2D eigenvalue weighted by Crippen LogP contribution is -2.41. The molecule has 130 valence electrons. The maximum Gasteiger partial charge on any atom is 0.307 e. The van der Waals surface area contributed by atoms with Crippen molar-refractivity contribution in [2.24, 2.45) is 0 Å². The lowest BCUT2D eigenvalue weighted by atomic mass is 9.97. The van der Waals surface area contributed by atoms with Gasteiger partial charge in [-0.2, -0.15) is 0 Å². The van der Waals surface area contributed by atoms with Crippen LogP contribution in [0, 0.1) is 0 Å². The summed E-state index contributed by atoms with van der Waals surface area (Å²) in [6, 6.07) is 0. The van der Waals surface area contributed by atoms with Gasteiger partial charge in [0, 0.05) is 19.7 Å². The maximum atomic E-state index is 12.6. The smallest absolute Gasteiger partial charge is 0.307 e. The molecule has 1 amide bonds. The topological polar surface area (TPSA) is 55.8 Å². The third-order valence-corrected chi connectivity index (χ3v) is 4.50. The number of allylic oxidation sites excluding steroid dienone is 1. The summed E-state index contributed by atoms with van der Waals surface area (Å²) in [5.41, 5.74) is 1.44.